The number of aliphatic hydroxyl groups excluding tert-OH is 1. The summed E-state index contributed by atoms with van der Waals surface area (Å²) >= 11 is 1.35. The first kappa shape index (κ1) is 26.9. The van der Waals surface area contributed by atoms with Gasteiger partial charge in [-0.05, 0) is 25.5 Å². The summed E-state index contributed by atoms with van der Waals surface area (Å²) in [5.74, 6) is 0.360. The van der Waals surface area contributed by atoms with Gasteiger partial charge in [0.05, 0.1) is 38.0 Å². The Labute approximate surface area is 228 Å². The predicted octanol–water partition coefficient (Wildman–Crippen LogP) is 2.20. The van der Waals surface area contributed by atoms with Crippen LogP contribution in [0.5, 0.6) is 11.5 Å². The molecular formula is C24H26FN7O5S2. The number of rotatable bonds is 8. The number of hydrogen-bond donors (Lipinski definition) is 1. The Morgan fingerprint density at radius 3 is 2.44 bits per heavy atom. The van der Waals surface area contributed by atoms with Gasteiger partial charge in [0.15, 0.2) is 32.3 Å². The van der Waals surface area contributed by atoms with Gasteiger partial charge in [0.2, 0.25) is 5.95 Å². The van der Waals surface area contributed by atoms with Gasteiger partial charge in [-0.15, -0.1) is 21.5 Å². The van der Waals surface area contributed by atoms with Crippen LogP contribution in [0, 0.1) is 12.7 Å². The van der Waals surface area contributed by atoms with E-state index in [1.165, 1.54) is 30.5 Å². The fraction of sp³-hybridized carbons (Fsp3) is 0.375. The zero-order valence-corrected chi connectivity index (χ0v) is 23.0. The second-order valence-corrected chi connectivity index (χ2v) is 12.1. The molecule has 12 nitrogen and oxygen atoms in total. The maximum absolute atomic E-state index is 13.8. The van der Waals surface area contributed by atoms with Crippen LogP contribution in [0.1, 0.15) is 17.9 Å². The molecule has 0 aliphatic carbocycles. The summed E-state index contributed by atoms with van der Waals surface area (Å²) in [5, 5.41) is 20.5. The molecule has 0 bridgehead atoms. The maximum atomic E-state index is 13.8. The van der Waals surface area contributed by atoms with E-state index in [9.17, 15) is 17.9 Å². The molecule has 3 aromatic heterocycles. The summed E-state index contributed by atoms with van der Waals surface area (Å²) in [6, 6.07) is 5.21. The number of methoxy groups -OCH3 is 2. The van der Waals surface area contributed by atoms with Gasteiger partial charge in [-0.2, -0.15) is 0 Å². The Bertz CT molecular complexity index is 1550. The van der Waals surface area contributed by atoms with Crippen LogP contribution in [0.3, 0.4) is 0 Å². The first-order chi connectivity index (χ1) is 18.7. The number of para-hydroxylation sites is 1. The highest BCUT2D eigenvalue weighted by molar-refractivity contribution is 7.91. The van der Waals surface area contributed by atoms with Crippen LogP contribution in [0.2, 0.25) is 0 Å². The molecule has 206 valence electrons. The molecule has 0 radical (unpaired) electrons. The second-order valence-electron chi connectivity index (χ2n) is 9.01. The van der Waals surface area contributed by atoms with Crippen LogP contribution in [-0.4, -0.2) is 81.9 Å². The van der Waals surface area contributed by atoms with Crippen molar-refractivity contribution < 1.29 is 27.4 Å². The minimum Gasteiger partial charge on any atom is -0.494 e. The lowest BCUT2D eigenvalue weighted by Gasteiger charge is -2.35. The lowest BCUT2D eigenvalue weighted by atomic mass is 10.1. The van der Waals surface area contributed by atoms with Gasteiger partial charge in [0.1, 0.15) is 22.9 Å². The topological polar surface area (TPSA) is 145 Å². The van der Waals surface area contributed by atoms with Gasteiger partial charge < -0.3 is 19.5 Å². The molecule has 0 amide bonds. The number of β-amino-alcohol motifs (C(OH)–C–C–N with tert-alkyl or cyclic N) is 1. The van der Waals surface area contributed by atoms with Gasteiger partial charge in [-0.25, -0.2) is 27.8 Å². The van der Waals surface area contributed by atoms with E-state index in [2.05, 4.69) is 25.1 Å². The summed E-state index contributed by atoms with van der Waals surface area (Å²) in [4.78, 5) is 13.9. The van der Waals surface area contributed by atoms with Crippen molar-refractivity contribution in [1.29, 1.82) is 0 Å². The average molecular weight is 576 g/mol. The van der Waals surface area contributed by atoms with Crippen molar-refractivity contribution in [3.63, 3.8) is 0 Å². The molecule has 2 atom stereocenters. The third-order valence-corrected chi connectivity index (χ3v) is 9.26. The molecule has 1 N–H and O–H groups in total. The van der Waals surface area contributed by atoms with Crippen LogP contribution in [0.25, 0.3) is 16.5 Å². The van der Waals surface area contributed by atoms with E-state index in [0.717, 1.165) is 18.1 Å². The van der Waals surface area contributed by atoms with Crippen molar-refractivity contribution >= 4 is 27.1 Å². The number of thiazole rings is 1. The molecule has 0 unspecified atom stereocenters. The van der Waals surface area contributed by atoms with Crippen molar-refractivity contribution in [3.05, 3.63) is 53.3 Å². The van der Waals surface area contributed by atoms with E-state index in [4.69, 9.17) is 9.47 Å². The minimum absolute atomic E-state index is 0.0185. The molecular weight excluding hydrogens is 549 g/mol. The van der Waals surface area contributed by atoms with E-state index < -0.39 is 32.8 Å². The summed E-state index contributed by atoms with van der Waals surface area (Å²) in [5.41, 5.74) is 1.22. The van der Waals surface area contributed by atoms with E-state index >= 15 is 0 Å². The molecule has 1 fully saturated rings. The maximum Gasteiger partial charge on any atom is 0.225 e. The van der Waals surface area contributed by atoms with Crippen molar-refractivity contribution in [2.45, 2.75) is 30.5 Å². The molecule has 1 aliphatic heterocycles. The number of halogens is 1. The highest BCUT2D eigenvalue weighted by Crippen LogP contribution is 2.37. The number of sulfone groups is 1. The van der Waals surface area contributed by atoms with Gasteiger partial charge >= 0.3 is 0 Å². The summed E-state index contributed by atoms with van der Waals surface area (Å²) in [6.45, 7) is 2.00. The lowest BCUT2D eigenvalue weighted by molar-refractivity contribution is 0.154. The predicted molar refractivity (Wildman–Crippen MR) is 142 cm³/mol. The molecule has 1 aromatic carbocycles. The third-order valence-electron chi connectivity index (χ3n) is 6.28. The van der Waals surface area contributed by atoms with Gasteiger partial charge in [0, 0.05) is 24.2 Å². The Kier molecular flexibility index (Phi) is 7.46. The van der Waals surface area contributed by atoms with E-state index in [-0.39, 0.29) is 31.3 Å². The van der Waals surface area contributed by atoms with Gasteiger partial charge in [-0.1, -0.05) is 6.07 Å². The standard InChI is InChI=1S/C24H26FN7O5S2/c1-14-12-38-23(28-14)22-30-29-20(32(22)21-18(36-2)5-4-6-19(21)37-3)13-39(34,35)17-7-16(33)10-31(11-17)24-26-8-15(25)9-27-24/h4-6,8-9,12,16-17,33H,7,10-11,13H2,1-3H3/t16-,17-/m0/s1. The fourth-order valence-electron chi connectivity index (χ4n) is 4.51. The zero-order chi connectivity index (χ0) is 27.7. The van der Waals surface area contributed by atoms with Crippen molar-refractivity contribution in [1.82, 2.24) is 29.7 Å². The Balaban J connectivity index is 1.55. The van der Waals surface area contributed by atoms with E-state index in [1.807, 2.05) is 12.3 Å². The molecule has 0 saturated carbocycles. The number of aromatic nitrogens is 6. The summed E-state index contributed by atoms with van der Waals surface area (Å²) < 4.78 is 53.7. The molecule has 1 aliphatic rings. The number of aliphatic hydroxyl groups is 1. The molecule has 0 spiro atoms. The molecule has 1 saturated heterocycles. The van der Waals surface area contributed by atoms with Gasteiger partial charge in [-0.3, -0.25) is 4.57 Å². The van der Waals surface area contributed by atoms with Crippen LogP contribution in [0.15, 0.2) is 36.0 Å². The Morgan fingerprint density at radius 2 is 1.82 bits per heavy atom. The van der Waals surface area contributed by atoms with Gasteiger partial charge in [0.25, 0.3) is 0 Å². The average Bonchev–Trinajstić information content (AvgIpc) is 3.53. The second kappa shape index (κ2) is 10.8. The molecule has 4 aromatic rings. The first-order valence-corrected chi connectivity index (χ1v) is 14.5. The van der Waals surface area contributed by atoms with E-state index in [0.29, 0.717) is 28.0 Å². The van der Waals surface area contributed by atoms with Crippen LogP contribution < -0.4 is 14.4 Å². The largest absolute Gasteiger partial charge is 0.494 e. The number of ether oxygens (including phenoxy) is 2. The highest BCUT2D eigenvalue weighted by atomic mass is 32.2. The highest BCUT2D eigenvalue weighted by Gasteiger charge is 2.37. The number of piperidine rings is 1. The summed E-state index contributed by atoms with van der Waals surface area (Å²) in [7, 11) is -0.901. The van der Waals surface area contributed by atoms with Crippen molar-refractivity contribution in [2.24, 2.45) is 0 Å². The SMILES string of the molecule is COc1cccc(OC)c1-n1c(CS(=O)(=O)[C@H]2C[C@H](O)CN(c3ncc(F)cn3)C2)nnc1-c1nc(C)cs1. The van der Waals surface area contributed by atoms with Crippen molar-refractivity contribution in [2.75, 3.05) is 32.2 Å². The monoisotopic (exact) mass is 575 g/mol. The Morgan fingerprint density at radius 1 is 1.13 bits per heavy atom. The quantitative estimate of drug-likeness (QED) is 0.330. The van der Waals surface area contributed by atoms with Crippen LogP contribution >= 0.6 is 11.3 Å². The van der Waals surface area contributed by atoms with Crippen LogP contribution in [-0.2, 0) is 15.6 Å². The minimum atomic E-state index is -3.90. The molecule has 15 heteroatoms. The number of anilines is 1. The number of benzene rings is 1. The molecule has 4 heterocycles. The van der Waals surface area contributed by atoms with Crippen molar-refractivity contribution in [3.8, 4) is 28.0 Å². The first-order valence-electron chi connectivity index (χ1n) is 11.9. The third kappa shape index (κ3) is 5.42. The number of hydrogen-bond acceptors (Lipinski definition) is 12. The molecule has 5 rings (SSSR count). The number of aryl methyl sites for hydroxylation is 1. The molecule has 39 heavy (non-hydrogen) atoms. The normalized spacial score (nSPS) is 17.8. The van der Waals surface area contributed by atoms with E-state index in [1.54, 1.807) is 22.8 Å². The van der Waals surface area contributed by atoms with Crippen LogP contribution in [0.4, 0.5) is 10.3 Å². The lowest BCUT2D eigenvalue weighted by Crippen LogP contribution is -2.49. The fourth-order valence-corrected chi connectivity index (χ4v) is 6.98. The number of nitrogens with zero attached hydrogens (tertiary/aromatic N) is 7. The summed E-state index contributed by atoms with van der Waals surface area (Å²) in [6.07, 6.45) is 1.06. The zero-order valence-electron chi connectivity index (χ0n) is 21.4. The Hall–Kier alpha value is -3.69. The smallest absolute Gasteiger partial charge is 0.225 e.